The molecule has 0 unspecified atom stereocenters. The Morgan fingerprint density at radius 2 is 1.89 bits per heavy atom. The molecule has 0 fully saturated rings. The van der Waals surface area contributed by atoms with Gasteiger partial charge in [0.15, 0.2) is 0 Å². The van der Waals surface area contributed by atoms with Crippen LogP contribution in [0.25, 0.3) is 21.8 Å². The van der Waals surface area contributed by atoms with E-state index >= 15 is 0 Å². The summed E-state index contributed by atoms with van der Waals surface area (Å²) >= 11 is 0. The van der Waals surface area contributed by atoms with Crippen molar-refractivity contribution in [1.82, 2.24) is 19.9 Å². The van der Waals surface area contributed by atoms with Gasteiger partial charge in [0.1, 0.15) is 5.82 Å². The minimum absolute atomic E-state index is 0.504. The van der Waals surface area contributed by atoms with Crippen LogP contribution in [0.5, 0.6) is 0 Å². The fraction of sp³-hybridized carbons (Fsp3) is 0.0909. The standard InChI is InChI=1S/C22H20N6/c23-21-17(10-16-12-25-20-4-2-1-3-18(16)20)13-27-22(28-21)26-11-14-5-6-19-15(9-14)7-8-24-19/h1-9,12-13,24-25H,10-11H2,(H3,23,26,27,28). The Morgan fingerprint density at radius 1 is 0.964 bits per heavy atom. The van der Waals surface area contributed by atoms with Crippen molar-refractivity contribution in [3.8, 4) is 0 Å². The molecule has 0 saturated heterocycles. The van der Waals surface area contributed by atoms with E-state index in [-0.39, 0.29) is 0 Å². The van der Waals surface area contributed by atoms with Crippen LogP contribution in [0.3, 0.4) is 0 Å². The van der Waals surface area contributed by atoms with Crippen LogP contribution < -0.4 is 11.1 Å². The maximum Gasteiger partial charge on any atom is 0.224 e. The normalized spacial score (nSPS) is 11.3. The van der Waals surface area contributed by atoms with Gasteiger partial charge in [0.2, 0.25) is 5.95 Å². The lowest BCUT2D eigenvalue weighted by molar-refractivity contribution is 1.03. The van der Waals surface area contributed by atoms with E-state index in [0.29, 0.717) is 24.7 Å². The second kappa shape index (κ2) is 6.74. The van der Waals surface area contributed by atoms with E-state index in [1.54, 1.807) is 0 Å². The van der Waals surface area contributed by atoms with E-state index in [1.807, 2.05) is 30.7 Å². The molecule has 0 aliphatic heterocycles. The highest BCUT2D eigenvalue weighted by atomic mass is 15.1. The van der Waals surface area contributed by atoms with E-state index in [0.717, 1.165) is 22.2 Å². The number of hydrogen-bond donors (Lipinski definition) is 4. The zero-order valence-corrected chi connectivity index (χ0v) is 15.2. The molecule has 138 valence electrons. The first kappa shape index (κ1) is 16.4. The molecule has 5 aromatic rings. The predicted molar refractivity (Wildman–Crippen MR) is 113 cm³/mol. The average Bonchev–Trinajstić information content (AvgIpc) is 3.35. The zero-order valence-electron chi connectivity index (χ0n) is 15.2. The molecule has 0 aliphatic rings. The first-order chi connectivity index (χ1) is 13.8. The van der Waals surface area contributed by atoms with Gasteiger partial charge in [0, 0.05) is 53.5 Å². The Kier molecular flexibility index (Phi) is 3.94. The number of nitrogens with two attached hydrogens (primary N) is 1. The summed E-state index contributed by atoms with van der Waals surface area (Å²) in [5.74, 6) is 1.04. The molecule has 0 saturated carbocycles. The van der Waals surface area contributed by atoms with Crippen LogP contribution in [0, 0.1) is 0 Å². The number of hydrogen-bond acceptors (Lipinski definition) is 4. The van der Waals surface area contributed by atoms with Crippen molar-refractivity contribution in [2.24, 2.45) is 0 Å². The summed E-state index contributed by atoms with van der Waals surface area (Å²) < 4.78 is 0. The average molecular weight is 368 g/mol. The number of anilines is 2. The molecule has 28 heavy (non-hydrogen) atoms. The minimum atomic E-state index is 0.504. The molecule has 0 radical (unpaired) electrons. The molecule has 5 N–H and O–H groups in total. The topological polar surface area (TPSA) is 95.4 Å². The van der Waals surface area contributed by atoms with Gasteiger partial charge in [0.25, 0.3) is 0 Å². The van der Waals surface area contributed by atoms with Gasteiger partial charge in [-0.15, -0.1) is 0 Å². The number of aromatic nitrogens is 4. The molecule has 2 aromatic carbocycles. The monoisotopic (exact) mass is 368 g/mol. The molecule has 0 aliphatic carbocycles. The third kappa shape index (κ3) is 3.05. The molecule has 5 rings (SSSR count). The van der Waals surface area contributed by atoms with Gasteiger partial charge in [-0.3, -0.25) is 0 Å². The van der Waals surface area contributed by atoms with E-state index in [9.17, 15) is 0 Å². The van der Waals surface area contributed by atoms with Gasteiger partial charge in [0.05, 0.1) is 0 Å². The molecule has 0 amide bonds. The van der Waals surface area contributed by atoms with Crippen LogP contribution in [-0.4, -0.2) is 19.9 Å². The van der Waals surface area contributed by atoms with Gasteiger partial charge in [-0.25, -0.2) is 4.98 Å². The molecule has 0 atom stereocenters. The number of nitrogen functional groups attached to an aromatic ring is 1. The number of benzene rings is 2. The molecular weight excluding hydrogens is 348 g/mol. The van der Waals surface area contributed by atoms with Crippen molar-refractivity contribution in [2.45, 2.75) is 13.0 Å². The van der Waals surface area contributed by atoms with Gasteiger partial charge >= 0.3 is 0 Å². The molecule has 3 heterocycles. The number of nitrogens with zero attached hydrogens (tertiary/aromatic N) is 2. The lowest BCUT2D eigenvalue weighted by atomic mass is 10.1. The van der Waals surface area contributed by atoms with Gasteiger partial charge in [-0.1, -0.05) is 24.3 Å². The number of aromatic amines is 2. The number of nitrogens with one attached hydrogen (secondary N) is 3. The summed E-state index contributed by atoms with van der Waals surface area (Å²) in [6.07, 6.45) is 6.47. The van der Waals surface area contributed by atoms with E-state index < -0.39 is 0 Å². The fourth-order valence-corrected chi connectivity index (χ4v) is 3.52. The van der Waals surface area contributed by atoms with Gasteiger partial charge < -0.3 is 21.0 Å². The van der Waals surface area contributed by atoms with Gasteiger partial charge in [-0.05, 0) is 40.8 Å². The highest BCUT2D eigenvalue weighted by Gasteiger charge is 2.09. The minimum Gasteiger partial charge on any atom is -0.383 e. The summed E-state index contributed by atoms with van der Waals surface area (Å²) in [6.45, 7) is 0.641. The zero-order chi connectivity index (χ0) is 18.9. The third-order valence-electron chi connectivity index (χ3n) is 5.02. The number of para-hydroxylation sites is 1. The molecule has 6 nitrogen and oxygen atoms in total. The Labute approximate surface area is 161 Å². The van der Waals surface area contributed by atoms with Crippen molar-refractivity contribution in [1.29, 1.82) is 0 Å². The second-order valence-electron chi connectivity index (χ2n) is 6.89. The molecule has 0 spiro atoms. The Bertz CT molecular complexity index is 1270. The Hall–Kier alpha value is -3.80. The van der Waals surface area contributed by atoms with Crippen molar-refractivity contribution in [2.75, 3.05) is 11.1 Å². The van der Waals surface area contributed by atoms with Crippen LogP contribution in [0.15, 0.2) is 67.1 Å². The third-order valence-corrected chi connectivity index (χ3v) is 5.02. The van der Waals surface area contributed by atoms with E-state index in [4.69, 9.17) is 5.73 Å². The highest BCUT2D eigenvalue weighted by Crippen LogP contribution is 2.23. The fourth-order valence-electron chi connectivity index (χ4n) is 3.52. The smallest absolute Gasteiger partial charge is 0.224 e. The van der Waals surface area contributed by atoms with Crippen molar-refractivity contribution < 1.29 is 0 Å². The summed E-state index contributed by atoms with van der Waals surface area (Å²) in [4.78, 5) is 15.4. The van der Waals surface area contributed by atoms with Crippen LogP contribution in [0.2, 0.25) is 0 Å². The lowest BCUT2D eigenvalue weighted by Crippen LogP contribution is -2.07. The number of rotatable bonds is 5. The SMILES string of the molecule is Nc1nc(NCc2ccc3[nH]ccc3c2)ncc1Cc1c[nH]c2ccccc12. The van der Waals surface area contributed by atoms with Crippen LogP contribution in [0.4, 0.5) is 11.8 Å². The highest BCUT2D eigenvalue weighted by molar-refractivity contribution is 5.83. The first-order valence-corrected chi connectivity index (χ1v) is 9.22. The van der Waals surface area contributed by atoms with Gasteiger partial charge in [-0.2, -0.15) is 4.98 Å². The summed E-state index contributed by atoms with van der Waals surface area (Å²) in [5, 5.41) is 5.64. The first-order valence-electron chi connectivity index (χ1n) is 9.22. The Balaban J connectivity index is 1.31. The molecule has 0 bridgehead atoms. The Morgan fingerprint density at radius 3 is 2.82 bits per heavy atom. The summed E-state index contributed by atoms with van der Waals surface area (Å²) in [5.41, 5.74) is 11.7. The maximum atomic E-state index is 6.21. The maximum absolute atomic E-state index is 6.21. The van der Waals surface area contributed by atoms with Crippen molar-refractivity contribution in [3.05, 3.63) is 83.8 Å². The molecule has 6 heteroatoms. The quantitative estimate of drug-likeness (QED) is 0.373. The summed E-state index contributed by atoms with van der Waals surface area (Å²) in [7, 11) is 0. The second-order valence-corrected chi connectivity index (χ2v) is 6.89. The summed E-state index contributed by atoms with van der Waals surface area (Å²) in [6, 6.07) is 16.6. The van der Waals surface area contributed by atoms with E-state index in [1.165, 1.54) is 16.3 Å². The number of H-pyrrole nitrogens is 2. The van der Waals surface area contributed by atoms with Crippen molar-refractivity contribution >= 4 is 33.6 Å². The lowest BCUT2D eigenvalue weighted by Gasteiger charge is -2.09. The predicted octanol–water partition coefficient (Wildman–Crippen LogP) is 4.22. The van der Waals surface area contributed by atoms with Crippen LogP contribution in [0.1, 0.15) is 16.7 Å². The van der Waals surface area contributed by atoms with E-state index in [2.05, 4.69) is 61.7 Å². The van der Waals surface area contributed by atoms with Crippen LogP contribution >= 0.6 is 0 Å². The van der Waals surface area contributed by atoms with Crippen molar-refractivity contribution in [3.63, 3.8) is 0 Å². The molecular formula is C22H20N6. The molecule has 3 aromatic heterocycles. The largest absolute Gasteiger partial charge is 0.383 e. The number of fused-ring (bicyclic) bond motifs is 2. The van der Waals surface area contributed by atoms with Crippen LogP contribution in [-0.2, 0) is 13.0 Å².